The van der Waals surface area contributed by atoms with E-state index in [0.717, 1.165) is 19.4 Å². The predicted octanol–water partition coefficient (Wildman–Crippen LogP) is 0.502. The van der Waals surface area contributed by atoms with Gasteiger partial charge in [-0.2, -0.15) is 0 Å². The van der Waals surface area contributed by atoms with Crippen LogP contribution in [0.15, 0.2) is 0 Å². The van der Waals surface area contributed by atoms with Crippen molar-refractivity contribution < 1.29 is 9.59 Å². The van der Waals surface area contributed by atoms with Crippen molar-refractivity contribution in [2.75, 3.05) is 19.6 Å². The summed E-state index contributed by atoms with van der Waals surface area (Å²) in [5, 5.41) is 6.06. The lowest BCUT2D eigenvalue weighted by molar-refractivity contribution is -0.128. The molecule has 1 fully saturated rings. The number of hydrogen-bond acceptors (Lipinski definition) is 3. The van der Waals surface area contributed by atoms with Crippen LogP contribution in [0.25, 0.3) is 0 Å². The summed E-state index contributed by atoms with van der Waals surface area (Å²) < 4.78 is 0. The van der Waals surface area contributed by atoms with Gasteiger partial charge < -0.3 is 15.5 Å². The highest BCUT2D eigenvalue weighted by molar-refractivity contribution is 5.79. The van der Waals surface area contributed by atoms with Crippen LogP contribution in [0.3, 0.4) is 0 Å². The molecule has 0 spiro atoms. The molecule has 1 aliphatic rings. The first kappa shape index (κ1) is 15.0. The van der Waals surface area contributed by atoms with Gasteiger partial charge in [0.1, 0.15) is 0 Å². The topological polar surface area (TPSA) is 61.4 Å². The van der Waals surface area contributed by atoms with Gasteiger partial charge in [-0.15, -0.1) is 0 Å². The number of rotatable bonds is 7. The van der Waals surface area contributed by atoms with Crippen LogP contribution in [0.1, 0.15) is 40.0 Å². The van der Waals surface area contributed by atoms with E-state index in [9.17, 15) is 9.59 Å². The number of nitrogens with one attached hydrogen (secondary N) is 2. The average molecular weight is 255 g/mol. The number of carbonyl (C=O) groups is 2. The molecule has 0 saturated carbocycles. The predicted molar refractivity (Wildman–Crippen MR) is 71.2 cm³/mol. The first-order valence-corrected chi connectivity index (χ1v) is 6.83. The molecule has 18 heavy (non-hydrogen) atoms. The number of hydrogen-bond donors (Lipinski definition) is 2. The fourth-order valence-corrected chi connectivity index (χ4v) is 2.01. The van der Waals surface area contributed by atoms with Crippen molar-refractivity contribution in [3.8, 4) is 0 Å². The SMILES string of the molecule is CCC(C)NCC(=O)NC(C)CN1CCCC1=O. The number of likely N-dealkylation sites (tertiary alicyclic amines) is 1. The van der Waals surface area contributed by atoms with Gasteiger partial charge in [0.15, 0.2) is 0 Å². The van der Waals surface area contributed by atoms with E-state index in [2.05, 4.69) is 24.5 Å². The van der Waals surface area contributed by atoms with E-state index >= 15 is 0 Å². The van der Waals surface area contributed by atoms with Gasteiger partial charge in [-0.25, -0.2) is 0 Å². The van der Waals surface area contributed by atoms with E-state index in [-0.39, 0.29) is 17.9 Å². The van der Waals surface area contributed by atoms with E-state index in [4.69, 9.17) is 0 Å². The van der Waals surface area contributed by atoms with Gasteiger partial charge in [-0.1, -0.05) is 6.92 Å². The van der Waals surface area contributed by atoms with Gasteiger partial charge in [0.25, 0.3) is 0 Å². The Kier molecular flexibility index (Phi) is 6.12. The van der Waals surface area contributed by atoms with Gasteiger partial charge in [0.2, 0.25) is 11.8 Å². The molecule has 1 heterocycles. The maximum absolute atomic E-state index is 11.7. The monoisotopic (exact) mass is 255 g/mol. The zero-order valence-electron chi connectivity index (χ0n) is 11.7. The van der Waals surface area contributed by atoms with E-state index in [1.54, 1.807) is 0 Å². The van der Waals surface area contributed by atoms with Gasteiger partial charge in [0.05, 0.1) is 6.54 Å². The highest BCUT2D eigenvalue weighted by Crippen LogP contribution is 2.09. The Balaban J connectivity index is 2.20. The zero-order valence-corrected chi connectivity index (χ0v) is 11.7. The summed E-state index contributed by atoms with van der Waals surface area (Å²) in [4.78, 5) is 24.9. The molecule has 0 aromatic rings. The van der Waals surface area contributed by atoms with E-state index < -0.39 is 0 Å². The first-order valence-electron chi connectivity index (χ1n) is 6.83. The third kappa shape index (κ3) is 5.04. The van der Waals surface area contributed by atoms with Crippen molar-refractivity contribution in [2.45, 2.75) is 52.1 Å². The summed E-state index contributed by atoms with van der Waals surface area (Å²) in [6.07, 6.45) is 2.59. The van der Waals surface area contributed by atoms with Crippen LogP contribution in [-0.2, 0) is 9.59 Å². The minimum atomic E-state index is -0.00514. The molecule has 1 rings (SSSR count). The molecule has 0 aliphatic carbocycles. The molecule has 0 aromatic carbocycles. The summed E-state index contributed by atoms with van der Waals surface area (Å²) in [7, 11) is 0. The molecule has 0 radical (unpaired) electrons. The Morgan fingerprint density at radius 2 is 2.11 bits per heavy atom. The second-order valence-electron chi connectivity index (χ2n) is 5.10. The van der Waals surface area contributed by atoms with Crippen LogP contribution in [0.4, 0.5) is 0 Å². The second-order valence-corrected chi connectivity index (χ2v) is 5.10. The first-order chi connectivity index (χ1) is 8.52. The van der Waals surface area contributed by atoms with Gasteiger partial charge in [-0.3, -0.25) is 9.59 Å². The summed E-state index contributed by atoms with van der Waals surface area (Å²) in [5.74, 6) is 0.197. The van der Waals surface area contributed by atoms with Crippen molar-refractivity contribution >= 4 is 11.8 Å². The zero-order chi connectivity index (χ0) is 13.5. The molecule has 0 bridgehead atoms. The molecule has 0 aromatic heterocycles. The van der Waals surface area contributed by atoms with E-state index in [1.807, 2.05) is 11.8 Å². The van der Waals surface area contributed by atoms with E-state index in [0.29, 0.717) is 25.6 Å². The molecule has 5 heteroatoms. The molecule has 2 unspecified atom stereocenters. The number of nitrogens with zero attached hydrogens (tertiary/aromatic N) is 1. The fraction of sp³-hybridized carbons (Fsp3) is 0.846. The Labute approximate surface area is 109 Å². The van der Waals surface area contributed by atoms with Crippen molar-refractivity contribution in [3.63, 3.8) is 0 Å². The Morgan fingerprint density at radius 3 is 2.67 bits per heavy atom. The quantitative estimate of drug-likeness (QED) is 0.696. The summed E-state index contributed by atoms with van der Waals surface area (Å²) in [6, 6.07) is 0.365. The van der Waals surface area contributed by atoms with Crippen LogP contribution in [0, 0.1) is 0 Å². The second kappa shape index (κ2) is 7.36. The molecule has 2 N–H and O–H groups in total. The van der Waals surface area contributed by atoms with Crippen LogP contribution in [-0.4, -0.2) is 48.4 Å². The minimum Gasteiger partial charge on any atom is -0.351 e. The average Bonchev–Trinajstić information content (AvgIpc) is 2.71. The fourth-order valence-electron chi connectivity index (χ4n) is 2.01. The third-order valence-electron chi connectivity index (χ3n) is 3.30. The highest BCUT2D eigenvalue weighted by Gasteiger charge is 2.22. The molecular weight excluding hydrogens is 230 g/mol. The van der Waals surface area contributed by atoms with Crippen LogP contribution in [0.2, 0.25) is 0 Å². The van der Waals surface area contributed by atoms with Crippen molar-refractivity contribution in [2.24, 2.45) is 0 Å². The lowest BCUT2D eigenvalue weighted by Crippen LogP contribution is -2.46. The van der Waals surface area contributed by atoms with Crippen molar-refractivity contribution in [1.29, 1.82) is 0 Å². The summed E-state index contributed by atoms with van der Waals surface area (Å²) >= 11 is 0. The Hall–Kier alpha value is -1.10. The molecule has 104 valence electrons. The molecule has 5 nitrogen and oxygen atoms in total. The van der Waals surface area contributed by atoms with Crippen molar-refractivity contribution in [3.05, 3.63) is 0 Å². The molecule has 2 atom stereocenters. The van der Waals surface area contributed by atoms with E-state index in [1.165, 1.54) is 0 Å². The summed E-state index contributed by atoms with van der Waals surface area (Å²) in [5.41, 5.74) is 0. The standard InChI is InChI=1S/C13H25N3O2/c1-4-10(2)14-8-12(17)15-11(3)9-16-7-5-6-13(16)18/h10-11,14H,4-9H2,1-3H3,(H,15,17). The third-order valence-corrected chi connectivity index (χ3v) is 3.30. The van der Waals surface area contributed by atoms with Crippen LogP contribution < -0.4 is 10.6 Å². The van der Waals surface area contributed by atoms with Gasteiger partial charge in [0, 0.05) is 31.6 Å². The molecule has 2 amide bonds. The molecule has 1 saturated heterocycles. The lowest BCUT2D eigenvalue weighted by Gasteiger charge is -2.22. The number of carbonyl (C=O) groups excluding carboxylic acids is 2. The maximum atomic E-state index is 11.7. The molecular formula is C13H25N3O2. The van der Waals surface area contributed by atoms with Gasteiger partial charge >= 0.3 is 0 Å². The largest absolute Gasteiger partial charge is 0.351 e. The van der Waals surface area contributed by atoms with Gasteiger partial charge in [-0.05, 0) is 26.7 Å². The maximum Gasteiger partial charge on any atom is 0.234 e. The van der Waals surface area contributed by atoms with Crippen LogP contribution >= 0.6 is 0 Å². The van der Waals surface area contributed by atoms with Crippen LogP contribution in [0.5, 0.6) is 0 Å². The minimum absolute atomic E-state index is 0.00514. The Morgan fingerprint density at radius 1 is 1.39 bits per heavy atom. The normalized spacial score (nSPS) is 18.8. The summed E-state index contributed by atoms with van der Waals surface area (Å²) in [6.45, 7) is 7.86. The van der Waals surface area contributed by atoms with Crippen molar-refractivity contribution in [1.82, 2.24) is 15.5 Å². The number of amides is 2. The molecule has 1 aliphatic heterocycles. The Bertz CT molecular complexity index is 294. The highest BCUT2D eigenvalue weighted by atomic mass is 16.2. The lowest BCUT2D eigenvalue weighted by atomic mass is 10.2. The smallest absolute Gasteiger partial charge is 0.234 e.